The minimum atomic E-state index is -0.803. The molecule has 0 aliphatic carbocycles. The van der Waals surface area contributed by atoms with E-state index in [2.05, 4.69) is 5.32 Å². The van der Waals surface area contributed by atoms with Gasteiger partial charge in [-0.05, 0) is 26.0 Å². The fraction of sp³-hybridized carbons (Fsp3) is 0.400. The number of carbonyl (C=O) groups excluding carboxylic acids is 3. The topological polar surface area (TPSA) is 119 Å². The van der Waals surface area contributed by atoms with Gasteiger partial charge in [-0.25, -0.2) is 0 Å². The molecule has 0 aliphatic heterocycles. The Morgan fingerprint density at radius 1 is 1.36 bits per heavy atom. The quantitative estimate of drug-likeness (QED) is 0.439. The van der Waals surface area contributed by atoms with Crippen LogP contribution in [0.3, 0.4) is 0 Å². The molecule has 0 radical (unpaired) electrons. The SMILES string of the molecule is CC(C)N(C)C(=O)COC(=O)CNC(=O)c1ccc(Cl)c([N+](=O)[O-])c1. The van der Waals surface area contributed by atoms with Crippen LogP contribution in [-0.4, -0.2) is 53.8 Å². The van der Waals surface area contributed by atoms with E-state index in [1.54, 1.807) is 7.05 Å². The first-order valence-corrected chi connectivity index (χ1v) is 7.64. The number of ether oxygens (including phenoxy) is 1. The number of benzene rings is 1. The van der Waals surface area contributed by atoms with Crippen molar-refractivity contribution in [3.63, 3.8) is 0 Å². The number of hydrogen-bond acceptors (Lipinski definition) is 6. The Labute approximate surface area is 149 Å². The average molecular weight is 372 g/mol. The van der Waals surface area contributed by atoms with Gasteiger partial charge in [-0.3, -0.25) is 24.5 Å². The van der Waals surface area contributed by atoms with Crippen molar-refractivity contribution in [2.75, 3.05) is 20.2 Å². The zero-order valence-electron chi connectivity index (χ0n) is 13.9. The number of nitrogens with one attached hydrogen (secondary N) is 1. The van der Waals surface area contributed by atoms with Crippen molar-refractivity contribution in [2.24, 2.45) is 0 Å². The monoisotopic (exact) mass is 371 g/mol. The molecule has 1 N–H and O–H groups in total. The summed E-state index contributed by atoms with van der Waals surface area (Å²) in [5, 5.41) is 12.9. The van der Waals surface area contributed by atoms with Crippen LogP contribution in [-0.2, 0) is 14.3 Å². The summed E-state index contributed by atoms with van der Waals surface area (Å²) in [6.45, 7) is 2.71. The molecule has 0 bridgehead atoms. The lowest BCUT2D eigenvalue weighted by atomic mass is 10.2. The van der Waals surface area contributed by atoms with E-state index in [9.17, 15) is 24.5 Å². The van der Waals surface area contributed by atoms with E-state index >= 15 is 0 Å². The lowest BCUT2D eigenvalue weighted by Crippen LogP contribution is -2.37. The summed E-state index contributed by atoms with van der Waals surface area (Å²) < 4.78 is 4.77. The number of amides is 2. The predicted octanol–water partition coefficient (Wildman–Crippen LogP) is 1.39. The number of esters is 1. The van der Waals surface area contributed by atoms with Crippen LogP contribution in [0, 0.1) is 10.1 Å². The number of nitro benzene ring substituents is 1. The molecule has 0 atom stereocenters. The largest absolute Gasteiger partial charge is 0.454 e. The van der Waals surface area contributed by atoms with Gasteiger partial charge in [-0.2, -0.15) is 0 Å². The summed E-state index contributed by atoms with van der Waals surface area (Å²) in [5.74, 6) is -1.88. The first kappa shape index (κ1) is 20.4. The normalized spacial score (nSPS) is 10.3. The van der Waals surface area contributed by atoms with Crippen molar-refractivity contribution in [3.05, 3.63) is 38.9 Å². The molecular formula is C15H18ClN3O6. The molecule has 1 rings (SSSR count). The van der Waals surface area contributed by atoms with E-state index in [1.165, 1.54) is 17.0 Å². The zero-order valence-corrected chi connectivity index (χ0v) is 14.7. The van der Waals surface area contributed by atoms with Crippen LogP contribution >= 0.6 is 11.6 Å². The molecule has 0 unspecified atom stereocenters. The van der Waals surface area contributed by atoms with Gasteiger partial charge in [0.05, 0.1) is 4.92 Å². The minimum Gasteiger partial charge on any atom is -0.454 e. The number of nitrogens with zero attached hydrogens (tertiary/aromatic N) is 2. The van der Waals surface area contributed by atoms with Crippen molar-refractivity contribution >= 4 is 35.1 Å². The fourth-order valence-corrected chi connectivity index (χ4v) is 1.82. The van der Waals surface area contributed by atoms with E-state index in [1.807, 2.05) is 13.8 Å². The molecule has 0 aliphatic rings. The fourth-order valence-electron chi connectivity index (χ4n) is 1.63. The highest BCUT2D eigenvalue weighted by Gasteiger charge is 2.18. The molecule has 0 aromatic heterocycles. The Balaban J connectivity index is 2.54. The van der Waals surface area contributed by atoms with E-state index in [-0.39, 0.29) is 22.5 Å². The number of rotatable bonds is 7. The van der Waals surface area contributed by atoms with E-state index in [4.69, 9.17) is 16.3 Å². The summed E-state index contributed by atoms with van der Waals surface area (Å²) >= 11 is 5.66. The molecule has 0 heterocycles. The number of carbonyl (C=O) groups is 3. The number of likely N-dealkylation sites (N-methyl/N-ethyl adjacent to an activating group) is 1. The Hall–Kier alpha value is -2.68. The zero-order chi connectivity index (χ0) is 19.1. The van der Waals surface area contributed by atoms with Crippen LogP contribution < -0.4 is 5.32 Å². The van der Waals surface area contributed by atoms with Gasteiger partial charge in [-0.15, -0.1) is 0 Å². The summed E-state index contributed by atoms with van der Waals surface area (Å²) in [6.07, 6.45) is 0. The van der Waals surface area contributed by atoms with Gasteiger partial charge in [0.25, 0.3) is 17.5 Å². The minimum absolute atomic E-state index is 0.0282. The Kier molecular flexibility index (Phi) is 7.31. The number of halogens is 1. The maximum absolute atomic E-state index is 11.9. The molecule has 0 spiro atoms. The van der Waals surface area contributed by atoms with Crippen LogP contribution in [0.25, 0.3) is 0 Å². The molecule has 136 valence electrons. The predicted molar refractivity (Wildman–Crippen MR) is 89.3 cm³/mol. The summed E-state index contributed by atoms with van der Waals surface area (Å²) in [5.41, 5.74) is -0.446. The maximum Gasteiger partial charge on any atom is 0.325 e. The third-order valence-corrected chi connectivity index (χ3v) is 3.64. The van der Waals surface area contributed by atoms with Gasteiger partial charge < -0.3 is 15.0 Å². The van der Waals surface area contributed by atoms with E-state index in [0.29, 0.717) is 0 Å². The standard InChI is InChI=1S/C15H18ClN3O6/c1-9(2)18(3)13(20)8-25-14(21)7-17-15(22)10-4-5-11(16)12(6-10)19(23)24/h4-6,9H,7-8H2,1-3H3,(H,17,22). The van der Waals surface area contributed by atoms with Crippen LogP contribution in [0.15, 0.2) is 18.2 Å². The van der Waals surface area contributed by atoms with Crippen molar-refractivity contribution in [3.8, 4) is 0 Å². The summed E-state index contributed by atoms with van der Waals surface area (Å²) in [4.78, 5) is 46.6. The van der Waals surface area contributed by atoms with Gasteiger partial charge in [0.1, 0.15) is 11.6 Å². The highest BCUT2D eigenvalue weighted by atomic mass is 35.5. The first-order chi connectivity index (χ1) is 11.6. The molecular weight excluding hydrogens is 354 g/mol. The second-order valence-corrected chi connectivity index (χ2v) is 5.77. The summed E-state index contributed by atoms with van der Waals surface area (Å²) in [6, 6.07) is 3.47. The molecule has 9 nitrogen and oxygen atoms in total. The van der Waals surface area contributed by atoms with Crippen LogP contribution in [0.1, 0.15) is 24.2 Å². The molecule has 2 amide bonds. The molecule has 0 saturated carbocycles. The van der Waals surface area contributed by atoms with Gasteiger partial charge in [0, 0.05) is 24.7 Å². The van der Waals surface area contributed by atoms with Gasteiger partial charge in [0.15, 0.2) is 6.61 Å². The molecule has 1 aromatic rings. The van der Waals surface area contributed by atoms with Gasteiger partial charge >= 0.3 is 5.97 Å². The van der Waals surface area contributed by atoms with E-state index in [0.717, 1.165) is 6.07 Å². The van der Waals surface area contributed by atoms with Crippen LogP contribution in [0.5, 0.6) is 0 Å². The molecule has 25 heavy (non-hydrogen) atoms. The highest BCUT2D eigenvalue weighted by Crippen LogP contribution is 2.24. The maximum atomic E-state index is 11.9. The van der Waals surface area contributed by atoms with Crippen LogP contribution in [0.4, 0.5) is 5.69 Å². The molecule has 0 fully saturated rings. The lowest BCUT2D eigenvalue weighted by Gasteiger charge is -2.21. The Morgan fingerprint density at radius 2 is 2.00 bits per heavy atom. The average Bonchev–Trinajstić information content (AvgIpc) is 2.56. The molecule has 0 saturated heterocycles. The highest BCUT2D eigenvalue weighted by molar-refractivity contribution is 6.32. The third kappa shape index (κ3) is 6.03. The van der Waals surface area contributed by atoms with Gasteiger partial charge in [-0.1, -0.05) is 11.6 Å². The number of hydrogen-bond donors (Lipinski definition) is 1. The first-order valence-electron chi connectivity index (χ1n) is 7.27. The van der Waals surface area contributed by atoms with Crippen molar-refractivity contribution in [1.82, 2.24) is 10.2 Å². The second-order valence-electron chi connectivity index (χ2n) is 5.37. The molecule has 1 aromatic carbocycles. The van der Waals surface area contributed by atoms with Crippen molar-refractivity contribution in [1.29, 1.82) is 0 Å². The van der Waals surface area contributed by atoms with Crippen LogP contribution in [0.2, 0.25) is 5.02 Å². The van der Waals surface area contributed by atoms with E-state index < -0.39 is 35.6 Å². The summed E-state index contributed by atoms with van der Waals surface area (Å²) in [7, 11) is 1.58. The lowest BCUT2D eigenvalue weighted by molar-refractivity contribution is -0.384. The van der Waals surface area contributed by atoms with Gasteiger partial charge in [0.2, 0.25) is 0 Å². The van der Waals surface area contributed by atoms with Crippen molar-refractivity contribution < 1.29 is 24.0 Å². The number of nitro groups is 1. The van der Waals surface area contributed by atoms with Crippen molar-refractivity contribution in [2.45, 2.75) is 19.9 Å². The second kappa shape index (κ2) is 8.97. The Morgan fingerprint density at radius 3 is 2.56 bits per heavy atom. The smallest absolute Gasteiger partial charge is 0.325 e. The third-order valence-electron chi connectivity index (χ3n) is 3.32. The molecule has 10 heteroatoms. The Bertz CT molecular complexity index is 692.